The lowest BCUT2D eigenvalue weighted by atomic mass is 10.2. The lowest BCUT2D eigenvalue weighted by molar-refractivity contribution is -0.384. The topological polar surface area (TPSA) is 120 Å². The number of carbonyl (C=O) groups is 2. The van der Waals surface area contributed by atoms with Crippen LogP contribution < -0.4 is 20.3 Å². The van der Waals surface area contributed by atoms with E-state index in [1.807, 2.05) is 0 Å². The molecule has 0 unspecified atom stereocenters. The van der Waals surface area contributed by atoms with Gasteiger partial charge in [-0.3, -0.25) is 30.6 Å². The van der Waals surface area contributed by atoms with Gasteiger partial charge < -0.3 is 9.47 Å². The zero-order valence-corrected chi connectivity index (χ0v) is 14.6. The molecule has 9 heteroatoms. The first-order valence-corrected chi connectivity index (χ1v) is 7.69. The molecule has 0 aliphatic carbocycles. The summed E-state index contributed by atoms with van der Waals surface area (Å²) >= 11 is 0. The molecule has 2 rings (SSSR count). The molecule has 2 aromatic carbocycles. The molecule has 0 aromatic heterocycles. The number of methoxy groups -OCH3 is 2. The highest BCUT2D eigenvalue weighted by Crippen LogP contribution is 2.27. The Kier molecular flexibility index (Phi) is 6.48. The van der Waals surface area contributed by atoms with E-state index in [9.17, 15) is 19.7 Å². The van der Waals surface area contributed by atoms with Crippen molar-refractivity contribution in [3.05, 3.63) is 69.8 Å². The lowest BCUT2D eigenvalue weighted by Gasteiger charge is -2.07. The van der Waals surface area contributed by atoms with Crippen molar-refractivity contribution < 1.29 is 24.0 Å². The third-order valence-corrected chi connectivity index (χ3v) is 3.47. The smallest absolute Gasteiger partial charge is 0.269 e. The normalized spacial score (nSPS) is 10.3. The molecular weight excluding hydrogens is 354 g/mol. The van der Waals surface area contributed by atoms with Gasteiger partial charge in [-0.15, -0.1) is 0 Å². The van der Waals surface area contributed by atoms with Crippen LogP contribution >= 0.6 is 0 Å². The molecule has 0 saturated carbocycles. The van der Waals surface area contributed by atoms with Gasteiger partial charge in [0.15, 0.2) is 11.5 Å². The Labute approximate surface area is 154 Å². The fourth-order valence-corrected chi connectivity index (χ4v) is 2.10. The largest absolute Gasteiger partial charge is 0.493 e. The molecule has 0 spiro atoms. The molecule has 0 bridgehead atoms. The number of nitrogens with zero attached hydrogens (tertiary/aromatic N) is 1. The Morgan fingerprint density at radius 3 is 2.26 bits per heavy atom. The molecule has 0 heterocycles. The van der Waals surface area contributed by atoms with Crippen molar-refractivity contribution in [3.63, 3.8) is 0 Å². The molecule has 0 aliphatic rings. The van der Waals surface area contributed by atoms with E-state index < -0.39 is 16.7 Å². The van der Waals surface area contributed by atoms with E-state index in [1.54, 1.807) is 18.2 Å². The number of amides is 2. The van der Waals surface area contributed by atoms with Gasteiger partial charge in [-0.25, -0.2) is 0 Å². The summed E-state index contributed by atoms with van der Waals surface area (Å²) < 4.78 is 10.3. The summed E-state index contributed by atoms with van der Waals surface area (Å²) in [5, 5.41) is 10.6. The van der Waals surface area contributed by atoms with Gasteiger partial charge in [0.25, 0.3) is 17.5 Å². The van der Waals surface area contributed by atoms with Crippen molar-refractivity contribution in [1.82, 2.24) is 10.9 Å². The highest BCUT2D eigenvalue weighted by Gasteiger charge is 2.09. The molecule has 2 N–H and O–H groups in total. The zero-order chi connectivity index (χ0) is 19.8. The second kappa shape index (κ2) is 8.99. The Morgan fingerprint density at radius 1 is 1.00 bits per heavy atom. The SMILES string of the molecule is COc1ccc(C=CC(=O)NNC(=O)c2ccc([N+](=O)[O-])cc2)cc1OC. The maximum Gasteiger partial charge on any atom is 0.269 e. The van der Waals surface area contributed by atoms with Crippen LogP contribution in [0.1, 0.15) is 15.9 Å². The van der Waals surface area contributed by atoms with E-state index in [-0.39, 0.29) is 11.3 Å². The number of nitro benzene ring substituents is 1. The van der Waals surface area contributed by atoms with Crippen LogP contribution in [0.4, 0.5) is 5.69 Å². The second-order valence-electron chi connectivity index (χ2n) is 5.20. The molecule has 2 amide bonds. The summed E-state index contributed by atoms with van der Waals surface area (Å²) in [6.45, 7) is 0. The quantitative estimate of drug-likeness (QED) is 0.456. The summed E-state index contributed by atoms with van der Waals surface area (Å²) in [6.07, 6.45) is 2.77. The van der Waals surface area contributed by atoms with E-state index in [1.165, 1.54) is 50.6 Å². The van der Waals surface area contributed by atoms with Gasteiger partial charge in [-0.2, -0.15) is 0 Å². The van der Waals surface area contributed by atoms with E-state index in [0.29, 0.717) is 17.1 Å². The maximum atomic E-state index is 11.9. The predicted octanol–water partition coefficient (Wildman–Crippen LogP) is 2.09. The molecule has 27 heavy (non-hydrogen) atoms. The number of rotatable bonds is 6. The van der Waals surface area contributed by atoms with Gasteiger partial charge in [0.05, 0.1) is 19.1 Å². The summed E-state index contributed by atoms with van der Waals surface area (Å²) in [5.74, 6) is -0.0706. The van der Waals surface area contributed by atoms with Crippen LogP contribution in [0.3, 0.4) is 0 Å². The van der Waals surface area contributed by atoms with Crippen LogP contribution in [0.15, 0.2) is 48.5 Å². The Bertz CT molecular complexity index is 877. The van der Waals surface area contributed by atoms with Gasteiger partial charge in [0.2, 0.25) is 0 Å². The molecule has 0 radical (unpaired) electrons. The molecule has 9 nitrogen and oxygen atoms in total. The Morgan fingerprint density at radius 2 is 1.67 bits per heavy atom. The van der Waals surface area contributed by atoms with E-state index in [2.05, 4.69) is 10.9 Å². The number of hydrogen-bond acceptors (Lipinski definition) is 6. The van der Waals surface area contributed by atoms with E-state index >= 15 is 0 Å². The van der Waals surface area contributed by atoms with Crippen LogP contribution in [-0.2, 0) is 4.79 Å². The first-order valence-electron chi connectivity index (χ1n) is 7.69. The summed E-state index contributed by atoms with van der Waals surface area (Å²) in [7, 11) is 3.03. The number of nitro groups is 1. The summed E-state index contributed by atoms with van der Waals surface area (Å²) in [5.41, 5.74) is 5.18. The highest BCUT2D eigenvalue weighted by atomic mass is 16.6. The number of non-ortho nitro benzene ring substituents is 1. The highest BCUT2D eigenvalue weighted by molar-refractivity contribution is 5.98. The maximum absolute atomic E-state index is 11.9. The minimum Gasteiger partial charge on any atom is -0.493 e. The second-order valence-corrected chi connectivity index (χ2v) is 5.20. The van der Waals surface area contributed by atoms with Gasteiger partial charge in [0.1, 0.15) is 0 Å². The monoisotopic (exact) mass is 371 g/mol. The first kappa shape index (κ1) is 19.4. The molecule has 140 valence electrons. The number of hydrogen-bond donors (Lipinski definition) is 2. The number of ether oxygens (including phenoxy) is 2. The molecular formula is C18H17N3O6. The minimum atomic E-state index is -0.599. The number of hydrazine groups is 1. The Balaban J connectivity index is 1.92. The lowest BCUT2D eigenvalue weighted by Crippen LogP contribution is -2.40. The van der Waals surface area contributed by atoms with Crippen LogP contribution in [0.2, 0.25) is 0 Å². The fourth-order valence-electron chi connectivity index (χ4n) is 2.10. The Hall–Kier alpha value is -3.88. The van der Waals surface area contributed by atoms with Gasteiger partial charge in [0, 0.05) is 23.8 Å². The third kappa shape index (κ3) is 5.30. The van der Waals surface area contributed by atoms with Crippen LogP contribution in [0.5, 0.6) is 11.5 Å². The first-order chi connectivity index (χ1) is 12.9. The van der Waals surface area contributed by atoms with E-state index in [0.717, 1.165) is 0 Å². The average Bonchev–Trinajstić information content (AvgIpc) is 2.70. The summed E-state index contributed by atoms with van der Waals surface area (Å²) in [4.78, 5) is 33.7. The average molecular weight is 371 g/mol. The predicted molar refractivity (Wildman–Crippen MR) is 97.3 cm³/mol. The van der Waals surface area contributed by atoms with Gasteiger partial charge >= 0.3 is 0 Å². The van der Waals surface area contributed by atoms with Crippen molar-refractivity contribution in [2.45, 2.75) is 0 Å². The van der Waals surface area contributed by atoms with Gasteiger partial charge in [-0.1, -0.05) is 6.07 Å². The summed E-state index contributed by atoms with van der Waals surface area (Å²) in [6, 6.07) is 10.1. The number of nitrogens with one attached hydrogen (secondary N) is 2. The molecule has 0 atom stereocenters. The molecule has 2 aromatic rings. The van der Waals surface area contributed by atoms with Crippen molar-refractivity contribution in [3.8, 4) is 11.5 Å². The number of carbonyl (C=O) groups excluding carboxylic acids is 2. The standard InChI is InChI=1S/C18H17N3O6/c1-26-15-9-3-12(11-16(15)27-2)4-10-17(22)19-20-18(23)13-5-7-14(8-6-13)21(24)25/h3-11H,1-2H3,(H,19,22)(H,20,23). The fraction of sp³-hybridized carbons (Fsp3) is 0.111. The van der Waals surface area contributed by atoms with Crippen molar-refractivity contribution in [1.29, 1.82) is 0 Å². The minimum absolute atomic E-state index is 0.131. The van der Waals surface area contributed by atoms with Crippen LogP contribution in [0, 0.1) is 10.1 Å². The zero-order valence-electron chi connectivity index (χ0n) is 14.6. The van der Waals surface area contributed by atoms with Crippen molar-refractivity contribution in [2.75, 3.05) is 14.2 Å². The van der Waals surface area contributed by atoms with E-state index in [4.69, 9.17) is 9.47 Å². The molecule has 0 saturated heterocycles. The van der Waals surface area contributed by atoms with Crippen LogP contribution in [0.25, 0.3) is 6.08 Å². The van der Waals surface area contributed by atoms with Crippen molar-refractivity contribution >= 4 is 23.6 Å². The molecule has 0 fully saturated rings. The van der Waals surface area contributed by atoms with Crippen molar-refractivity contribution in [2.24, 2.45) is 0 Å². The third-order valence-electron chi connectivity index (χ3n) is 3.47. The molecule has 0 aliphatic heterocycles. The van der Waals surface area contributed by atoms with Crippen LogP contribution in [-0.4, -0.2) is 31.0 Å². The van der Waals surface area contributed by atoms with Gasteiger partial charge in [-0.05, 0) is 35.9 Å². The number of benzene rings is 2.